The Balaban J connectivity index is 2.07. The lowest BCUT2D eigenvalue weighted by atomic mass is 9.76. The van der Waals surface area contributed by atoms with Gasteiger partial charge in [-0.1, -0.05) is 19.8 Å². The number of amides is 1. The van der Waals surface area contributed by atoms with Gasteiger partial charge in [-0.2, -0.15) is 0 Å². The van der Waals surface area contributed by atoms with Crippen LogP contribution in [-0.2, 0) is 4.79 Å². The SMILES string of the molecule is CC1CCCC(N)(C(=O)N2CCC[C@@H]2CO)C1. The molecular formula is C13H24N2O2. The first kappa shape index (κ1) is 12.8. The second-order valence-electron chi connectivity index (χ2n) is 5.83. The molecule has 3 N–H and O–H groups in total. The average Bonchev–Trinajstić information content (AvgIpc) is 2.75. The number of carbonyl (C=O) groups excluding carboxylic acids is 1. The minimum absolute atomic E-state index is 0.000146. The molecule has 1 aliphatic carbocycles. The maximum atomic E-state index is 12.5. The Kier molecular flexibility index (Phi) is 3.73. The van der Waals surface area contributed by atoms with Gasteiger partial charge in [0.25, 0.3) is 0 Å². The molecule has 2 rings (SSSR count). The third-order valence-electron chi connectivity index (χ3n) is 4.31. The molecule has 0 aromatic heterocycles. The molecule has 4 heteroatoms. The van der Waals surface area contributed by atoms with Crippen LogP contribution in [-0.4, -0.2) is 40.6 Å². The molecule has 0 radical (unpaired) electrons. The van der Waals surface area contributed by atoms with Crippen molar-refractivity contribution in [2.45, 2.75) is 57.0 Å². The quantitative estimate of drug-likeness (QED) is 0.753. The van der Waals surface area contributed by atoms with E-state index in [4.69, 9.17) is 5.73 Å². The molecule has 17 heavy (non-hydrogen) atoms. The summed E-state index contributed by atoms with van der Waals surface area (Å²) < 4.78 is 0. The average molecular weight is 240 g/mol. The summed E-state index contributed by atoms with van der Waals surface area (Å²) in [7, 11) is 0. The first-order valence-electron chi connectivity index (χ1n) is 6.77. The van der Waals surface area contributed by atoms with Gasteiger partial charge in [0, 0.05) is 6.54 Å². The number of likely N-dealkylation sites (tertiary alicyclic amines) is 1. The van der Waals surface area contributed by atoms with Gasteiger partial charge < -0.3 is 15.7 Å². The van der Waals surface area contributed by atoms with Crippen molar-refractivity contribution >= 4 is 5.91 Å². The third kappa shape index (κ3) is 2.47. The van der Waals surface area contributed by atoms with E-state index in [0.29, 0.717) is 5.92 Å². The molecule has 0 spiro atoms. The van der Waals surface area contributed by atoms with Crippen molar-refractivity contribution in [1.82, 2.24) is 4.90 Å². The summed E-state index contributed by atoms with van der Waals surface area (Å²) in [5.41, 5.74) is 5.65. The lowest BCUT2D eigenvalue weighted by Crippen LogP contribution is -2.58. The van der Waals surface area contributed by atoms with Gasteiger partial charge in [-0.3, -0.25) is 4.79 Å². The van der Waals surface area contributed by atoms with Gasteiger partial charge in [0.2, 0.25) is 5.91 Å². The van der Waals surface area contributed by atoms with Crippen molar-refractivity contribution in [2.24, 2.45) is 11.7 Å². The summed E-state index contributed by atoms with van der Waals surface area (Å²) in [6.07, 6.45) is 5.71. The molecule has 0 aromatic carbocycles. The number of aliphatic hydroxyl groups is 1. The fourth-order valence-electron chi connectivity index (χ4n) is 3.37. The number of nitrogens with two attached hydrogens (primary N) is 1. The van der Waals surface area contributed by atoms with Gasteiger partial charge in [-0.05, 0) is 31.6 Å². The zero-order valence-electron chi connectivity index (χ0n) is 10.7. The van der Waals surface area contributed by atoms with Gasteiger partial charge in [0.05, 0.1) is 18.2 Å². The highest BCUT2D eigenvalue weighted by molar-refractivity contribution is 5.86. The normalized spacial score (nSPS) is 38.4. The van der Waals surface area contributed by atoms with Gasteiger partial charge >= 0.3 is 0 Å². The van der Waals surface area contributed by atoms with Crippen LogP contribution in [0.3, 0.4) is 0 Å². The topological polar surface area (TPSA) is 66.6 Å². The zero-order valence-corrected chi connectivity index (χ0v) is 10.7. The predicted molar refractivity (Wildman–Crippen MR) is 66.4 cm³/mol. The van der Waals surface area contributed by atoms with Crippen LogP contribution in [0.2, 0.25) is 0 Å². The highest BCUT2D eigenvalue weighted by atomic mass is 16.3. The van der Waals surface area contributed by atoms with Gasteiger partial charge in [-0.25, -0.2) is 0 Å². The van der Waals surface area contributed by atoms with Crippen LogP contribution in [0, 0.1) is 5.92 Å². The fourth-order valence-corrected chi connectivity index (χ4v) is 3.37. The molecule has 2 fully saturated rings. The number of hydrogen-bond acceptors (Lipinski definition) is 3. The van der Waals surface area contributed by atoms with Crippen molar-refractivity contribution < 1.29 is 9.90 Å². The second kappa shape index (κ2) is 4.94. The Morgan fingerprint density at radius 2 is 2.24 bits per heavy atom. The summed E-state index contributed by atoms with van der Waals surface area (Å²) in [6, 6.07) is 0.000146. The number of aliphatic hydroxyl groups excluding tert-OH is 1. The largest absolute Gasteiger partial charge is 0.394 e. The van der Waals surface area contributed by atoms with Crippen LogP contribution < -0.4 is 5.73 Å². The van der Waals surface area contributed by atoms with E-state index in [-0.39, 0.29) is 18.6 Å². The monoisotopic (exact) mass is 240 g/mol. The van der Waals surface area contributed by atoms with Crippen molar-refractivity contribution in [3.8, 4) is 0 Å². The van der Waals surface area contributed by atoms with E-state index in [2.05, 4.69) is 6.92 Å². The van der Waals surface area contributed by atoms with Crippen molar-refractivity contribution in [1.29, 1.82) is 0 Å². The van der Waals surface area contributed by atoms with E-state index >= 15 is 0 Å². The molecular weight excluding hydrogens is 216 g/mol. The van der Waals surface area contributed by atoms with E-state index in [1.54, 1.807) is 0 Å². The molecule has 0 bridgehead atoms. The van der Waals surface area contributed by atoms with E-state index in [1.807, 2.05) is 4.90 Å². The molecule has 1 saturated heterocycles. The first-order valence-corrected chi connectivity index (χ1v) is 6.77. The Hall–Kier alpha value is -0.610. The summed E-state index contributed by atoms with van der Waals surface area (Å²) in [5, 5.41) is 9.28. The molecule has 0 aromatic rings. The molecule has 2 aliphatic rings. The number of rotatable bonds is 2. The predicted octanol–water partition coefficient (Wildman–Crippen LogP) is 0.877. The Morgan fingerprint density at radius 3 is 2.88 bits per heavy atom. The highest BCUT2D eigenvalue weighted by Crippen LogP contribution is 2.33. The third-order valence-corrected chi connectivity index (χ3v) is 4.31. The summed E-state index contributed by atoms with van der Waals surface area (Å²) in [6.45, 7) is 3.00. The number of hydrogen-bond donors (Lipinski definition) is 2. The minimum Gasteiger partial charge on any atom is -0.394 e. The van der Waals surface area contributed by atoms with Crippen LogP contribution in [0.15, 0.2) is 0 Å². The van der Waals surface area contributed by atoms with Crippen LogP contribution in [0.1, 0.15) is 45.4 Å². The fraction of sp³-hybridized carbons (Fsp3) is 0.923. The van der Waals surface area contributed by atoms with Crippen molar-refractivity contribution in [2.75, 3.05) is 13.2 Å². The second-order valence-corrected chi connectivity index (χ2v) is 5.83. The highest BCUT2D eigenvalue weighted by Gasteiger charge is 2.43. The van der Waals surface area contributed by atoms with Gasteiger partial charge in [0.15, 0.2) is 0 Å². The van der Waals surface area contributed by atoms with E-state index < -0.39 is 5.54 Å². The molecule has 1 aliphatic heterocycles. The van der Waals surface area contributed by atoms with Crippen molar-refractivity contribution in [3.63, 3.8) is 0 Å². The Labute approximate surface area is 103 Å². The van der Waals surface area contributed by atoms with Crippen LogP contribution in [0.25, 0.3) is 0 Å². The molecule has 1 amide bonds. The van der Waals surface area contributed by atoms with Crippen LogP contribution in [0.5, 0.6) is 0 Å². The Morgan fingerprint density at radius 1 is 1.47 bits per heavy atom. The summed E-state index contributed by atoms with van der Waals surface area (Å²) in [5.74, 6) is 0.605. The summed E-state index contributed by atoms with van der Waals surface area (Å²) in [4.78, 5) is 14.3. The molecule has 3 atom stereocenters. The molecule has 1 heterocycles. The van der Waals surface area contributed by atoms with Crippen molar-refractivity contribution in [3.05, 3.63) is 0 Å². The van der Waals surface area contributed by atoms with E-state index in [1.165, 1.54) is 6.42 Å². The van der Waals surface area contributed by atoms with Crippen LogP contribution in [0.4, 0.5) is 0 Å². The maximum Gasteiger partial charge on any atom is 0.242 e. The smallest absolute Gasteiger partial charge is 0.242 e. The van der Waals surface area contributed by atoms with Gasteiger partial charge in [-0.15, -0.1) is 0 Å². The lowest BCUT2D eigenvalue weighted by molar-refractivity contribution is -0.140. The van der Waals surface area contributed by atoms with E-state index in [9.17, 15) is 9.90 Å². The maximum absolute atomic E-state index is 12.5. The van der Waals surface area contributed by atoms with E-state index in [0.717, 1.165) is 38.6 Å². The zero-order chi connectivity index (χ0) is 12.5. The molecule has 2 unspecified atom stereocenters. The first-order chi connectivity index (χ1) is 8.07. The standard InChI is InChI=1S/C13H24N2O2/c1-10-4-2-6-13(14,8-10)12(17)15-7-3-5-11(15)9-16/h10-11,16H,2-9,14H2,1H3/t10?,11-,13?/m1/s1. The minimum atomic E-state index is -0.671. The summed E-state index contributed by atoms with van der Waals surface area (Å²) >= 11 is 0. The van der Waals surface area contributed by atoms with Gasteiger partial charge in [0.1, 0.15) is 0 Å². The number of carbonyl (C=O) groups is 1. The Bertz CT molecular complexity index is 295. The van der Waals surface area contributed by atoms with Crippen LogP contribution >= 0.6 is 0 Å². The number of nitrogens with zero attached hydrogens (tertiary/aromatic N) is 1. The molecule has 98 valence electrons. The lowest BCUT2D eigenvalue weighted by Gasteiger charge is -2.39. The molecule has 4 nitrogen and oxygen atoms in total. The molecule has 1 saturated carbocycles.